The standard InChI is InChI=1S/C19H21N3O5S/c1-13(14-5-4-6-17(12-14)22(24)25)20(2)19(23)16-7-8-18-15(11-16)9-10-21(18)28(3,26)27/h4-8,11-13H,9-10H2,1-3H3. The Morgan fingerprint density at radius 3 is 2.61 bits per heavy atom. The number of hydrogen-bond acceptors (Lipinski definition) is 5. The summed E-state index contributed by atoms with van der Waals surface area (Å²) in [6, 6.07) is 10.8. The largest absolute Gasteiger partial charge is 0.335 e. The summed E-state index contributed by atoms with van der Waals surface area (Å²) in [4.78, 5) is 25.0. The molecular formula is C19H21N3O5S. The molecule has 0 saturated carbocycles. The fourth-order valence-corrected chi connectivity index (χ4v) is 4.31. The lowest BCUT2D eigenvalue weighted by Crippen LogP contribution is -2.30. The second-order valence-corrected chi connectivity index (χ2v) is 8.78. The van der Waals surface area contributed by atoms with Crippen LogP contribution in [0.4, 0.5) is 11.4 Å². The van der Waals surface area contributed by atoms with E-state index in [1.54, 1.807) is 44.3 Å². The Hall–Kier alpha value is -2.94. The van der Waals surface area contributed by atoms with E-state index in [-0.39, 0.29) is 17.6 Å². The third-order valence-corrected chi connectivity index (χ3v) is 6.22. The Kier molecular flexibility index (Phi) is 5.12. The fraction of sp³-hybridized carbons (Fsp3) is 0.316. The third kappa shape index (κ3) is 3.70. The SMILES string of the molecule is CC(c1cccc([N+](=O)[O-])c1)N(C)C(=O)c1ccc2c(c1)CCN2S(C)(=O)=O. The Morgan fingerprint density at radius 1 is 1.25 bits per heavy atom. The van der Waals surface area contributed by atoms with Crippen molar-refractivity contribution in [1.82, 2.24) is 4.90 Å². The van der Waals surface area contributed by atoms with Crippen LogP contribution in [0.2, 0.25) is 0 Å². The molecule has 0 bridgehead atoms. The van der Waals surface area contributed by atoms with Crippen LogP contribution in [0.5, 0.6) is 0 Å². The van der Waals surface area contributed by atoms with Crippen LogP contribution in [0, 0.1) is 10.1 Å². The topological polar surface area (TPSA) is 101 Å². The summed E-state index contributed by atoms with van der Waals surface area (Å²) in [6.07, 6.45) is 1.71. The van der Waals surface area contributed by atoms with Crippen molar-refractivity contribution < 1.29 is 18.1 Å². The van der Waals surface area contributed by atoms with Crippen LogP contribution in [0.15, 0.2) is 42.5 Å². The lowest BCUT2D eigenvalue weighted by atomic mass is 10.0. The summed E-state index contributed by atoms with van der Waals surface area (Å²) in [5.41, 5.74) is 2.51. The number of nitro groups is 1. The summed E-state index contributed by atoms with van der Waals surface area (Å²) in [6.45, 7) is 2.17. The van der Waals surface area contributed by atoms with Gasteiger partial charge in [0.25, 0.3) is 11.6 Å². The lowest BCUT2D eigenvalue weighted by molar-refractivity contribution is -0.384. The number of rotatable bonds is 5. The molecule has 1 aliphatic heterocycles. The van der Waals surface area contributed by atoms with Gasteiger partial charge in [-0.3, -0.25) is 19.2 Å². The molecule has 1 aliphatic rings. The number of nitrogens with zero attached hydrogens (tertiary/aromatic N) is 3. The van der Waals surface area contributed by atoms with Crippen molar-refractivity contribution in [2.24, 2.45) is 0 Å². The molecule has 3 rings (SSSR count). The number of non-ortho nitro benzene ring substituents is 1. The Balaban J connectivity index is 1.84. The van der Waals surface area contributed by atoms with E-state index in [1.807, 2.05) is 0 Å². The third-order valence-electron chi connectivity index (χ3n) is 5.04. The number of fused-ring (bicyclic) bond motifs is 1. The van der Waals surface area contributed by atoms with Gasteiger partial charge in [0.15, 0.2) is 0 Å². The highest BCUT2D eigenvalue weighted by atomic mass is 32.2. The van der Waals surface area contributed by atoms with E-state index in [9.17, 15) is 23.3 Å². The smallest absolute Gasteiger partial charge is 0.269 e. The van der Waals surface area contributed by atoms with E-state index in [0.29, 0.717) is 29.8 Å². The average molecular weight is 403 g/mol. The number of carbonyl (C=O) groups is 1. The summed E-state index contributed by atoms with van der Waals surface area (Å²) < 4.78 is 25.0. The predicted octanol–water partition coefficient (Wildman–Crippen LogP) is 2.75. The van der Waals surface area contributed by atoms with E-state index in [1.165, 1.54) is 21.3 Å². The Morgan fingerprint density at radius 2 is 1.96 bits per heavy atom. The molecule has 0 aromatic heterocycles. The van der Waals surface area contributed by atoms with Crippen LogP contribution in [0.3, 0.4) is 0 Å². The van der Waals surface area contributed by atoms with Crippen molar-refractivity contribution in [2.75, 3.05) is 24.2 Å². The second-order valence-electron chi connectivity index (χ2n) is 6.87. The van der Waals surface area contributed by atoms with E-state index in [0.717, 1.165) is 11.8 Å². The highest BCUT2D eigenvalue weighted by Crippen LogP contribution is 2.32. The first-order valence-electron chi connectivity index (χ1n) is 8.71. The second kappa shape index (κ2) is 7.23. The van der Waals surface area contributed by atoms with Crippen molar-refractivity contribution in [3.63, 3.8) is 0 Å². The minimum atomic E-state index is -3.34. The molecule has 0 N–H and O–H groups in total. The molecule has 2 aromatic carbocycles. The van der Waals surface area contributed by atoms with Gasteiger partial charge < -0.3 is 4.90 Å². The molecule has 2 aromatic rings. The van der Waals surface area contributed by atoms with Gasteiger partial charge in [-0.05, 0) is 42.7 Å². The lowest BCUT2D eigenvalue weighted by Gasteiger charge is -2.25. The molecule has 1 unspecified atom stereocenters. The van der Waals surface area contributed by atoms with Crippen molar-refractivity contribution in [2.45, 2.75) is 19.4 Å². The molecule has 9 heteroatoms. The minimum Gasteiger partial charge on any atom is -0.335 e. The Bertz CT molecular complexity index is 1050. The molecule has 0 aliphatic carbocycles. The van der Waals surface area contributed by atoms with Gasteiger partial charge in [-0.25, -0.2) is 8.42 Å². The molecule has 0 radical (unpaired) electrons. The monoisotopic (exact) mass is 403 g/mol. The zero-order chi connectivity index (χ0) is 20.6. The van der Waals surface area contributed by atoms with Crippen LogP contribution in [0.1, 0.15) is 34.5 Å². The molecule has 0 fully saturated rings. The molecule has 28 heavy (non-hydrogen) atoms. The van der Waals surface area contributed by atoms with E-state index < -0.39 is 14.9 Å². The van der Waals surface area contributed by atoms with Crippen LogP contribution < -0.4 is 4.31 Å². The molecule has 0 saturated heterocycles. The quantitative estimate of drug-likeness (QED) is 0.564. The normalized spacial score (nSPS) is 14.5. The number of sulfonamides is 1. The summed E-state index contributed by atoms with van der Waals surface area (Å²) in [7, 11) is -1.70. The summed E-state index contributed by atoms with van der Waals surface area (Å²) in [5.74, 6) is -0.236. The van der Waals surface area contributed by atoms with Crippen molar-refractivity contribution in [3.8, 4) is 0 Å². The predicted molar refractivity (Wildman–Crippen MR) is 106 cm³/mol. The zero-order valence-electron chi connectivity index (χ0n) is 15.8. The van der Waals surface area contributed by atoms with E-state index >= 15 is 0 Å². The van der Waals surface area contributed by atoms with Crippen LogP contribution in [-0.2, 0) is 16.4 Å². The minimum absolute atomic E-state index is 0.0244. The number of anilines is 1. The van der Waals surface area contributed by atoms with Crippen molar-refractivity contribution >= 4 is 27.3 Å². The highest BCUT2D eigenvalue weighted by Gasteiger charge is 2.28. The number of hydrogen-bond donors (Lipinski definition) is 0. The van der Waals surface area contributed by atoms with Crippen LogP contribution in [-0.4, -0.2) is 44.0 Å². The van der Waals surface area contributed by atoms with Crippen LogP contribution >= 0.6 is 0 Å². The van der Waals surface area contributed by atoms with Gasteiger partial charge in [-0.1, -0.05) is 12.1 Å². The molecule has 1 heterocycles. The van der Waals surface area contributed by atoms with Gasteiger partial charge in [0.05, 0.1) is 22.9 Å². The van der Waals surface area contributed by atoms with Gasteiger partial charge in [-0.15, -0.1) is 0 Å². The number of carbonyl (C=O) groups excluding carboxylic acids is 1. The van der Waals surface area contributed by atoms with Gasteiger partial charge in [-0.2, -0.15) is 0 Å². The molecule has 1 atom stereocenters. The van der Waals surface area contributed by atoms with Gasteiger partial charge in [0.1, 0.15) is 0 Å². The highest BCUT2D eigenvalue weighted by molar-refractivity contribution is 7.92. The molecule has 1 amide bonds. The molecule has 148 valence electrons. The molecule has 0 spiro atoms. The fourth-order valence-electron chi connectivity index (χ4n) is 3.35. The van der Waals surface area contributed by atoms with Gasteiger partial charge >= 0.3 is 0 Å². The zero-order valence-corrected chi connectivity index (χ0v) is 16.6. The molecular weight excluding hydrogens is 382 g/mol. The van der Waals surface area contributed by atoms with E-state index in [4.69, 9.17) is 0 Å². The number of nitro benzene ring substituents is 1. The maximum absolute atomic E-state index is 12.9. The first-order chi connectivity index (χ1) is 13.1. The number of benzene rings is 2. The maximum atomic E-state index is 12.9. The van der Waals surface area contributed by atoms with Crippen molar-refractivity contribution in [1.29, 1.82) is 0 Å². The maximum Gasteiger partial charge on any atom is 0.269 e. The summed E-state index contributed by atoms with van der Waals surface area (Å²) >= 11 is 0. The van der Waals surface area contributed by atoms with E-state index in [2.05, 4.69) is 0 Å². The van der Waals surface area contributed by atoms with Crippen LogP contribution in [0.25, 0.3) is 0 Å². The molecule has 8 nitrogen and oxygen atoms in total. The first-order valence-corrected chi connectivity index (χ1v) is 10.6. The average Bonchev–Trinajstić information content (AvgIpc) is 3.09. The Labute approximate surface area is 163 Å². The number of amides is 1. The summed E-state index contributed by atoms with van der Waals surface area (Å²) in [5, 5.41) is 11.0. The first kappa shape index (κ1) is 19.8. The van der Waals surface area contributed by atoms with Crippen molar-refractivity contribution in [3.05, 3.63) is 69.3 Å². The van der Waals surface area contributed by atoms with Gasteiger partial charge in [0.2, 0.25) is 10.0 Å². The van der Waals surface area contributed by atoms with Gasteiger partial charge in [0, 0.05) is 31.3 Å².